The first-order valence-electron chi connectivity index (χ1n) is 14.3. The van der Waals surface area contributed by atoms with Gasteiger partial charge in [0.15, 0.2) is 5.82 Å². The molecule has 3 aromatic rings. The minimum atomic E-state index is -4.08. The van der Waals surface area contributed by atoms with E-state index in [9.17, 15) is 13.2 Å². The molecule has 1 aromatic carbocycles. The second kappa shape index (κ2) is 11.0. The number of pyridine rings is 1. The Kier molecular flexibility index (Phi) is 7.90. The Morgan fingerprint density at radius 1 is 1.12 bits per heavy atom. The number of amides is 1. The highest BCUT2D eigenvalue weighted by Gasteiger charge is 2.59. The summed E-state index contributed by atoms with van der Waals surface area (Å²) >= 11 is 0. The lowest BCUT2D eigenvalue weighted by molar-refractivity contribution is 0.0981. The van der Waals surface area contributed by atoms with Crippen molar-refractivity contribution >= 4 is 29.6 Å². The molecule has 9 nitrogen and oxygen atoms in total. The Bertz CT molecular complexity index is 1520. The highest BCUT2D eigenvalue weighted by atomic mass is 32.2. The summed E-state index contributed by atoms with van der Waals surface area (Å²) in [5, 5.41) is 4.90. The minimum Gasteiger partial charge on any atom is -0.477 e. The molecule has 11 heteroatoms. The second-order valence-electron chi connectivity index (χ2n) is 12.5. The van der Waals surface area contributed by atoms with Gasteiger partial charge in [0.05, 0.1) is 22.4 Å². The molecule has 2 aromatic heterocycles. The van der Waals surface area contributed by atoms with E-state index in [4.69, 9.17) is 14.1 Å². The van der Waals surface area contributed by atoms with Crippen molar-refractivity contribution in [2.75, 3.05) is 13.2 Å². The fourth-order valence-electron chi connectivity index (χ4n) is 6.14. The third kappa shape index (κ3) is 5.98. The van der Waals surface area contributed by atoms with Gasteiger partial charge in [-0.05, 0) is 79.3 Å². The van der Waals surface area contributed by atoms with E-state index >= 15 is 0 Å². The lowest BCUT2D eigenvalue weighted by Crippen LogP contribution is -2.59. The Balaban J connectivity index is 1.52. The van der Waals surface area contributed by atoms with E-state index in [0.29, 0.717) is 41.6 Å². The van der Waals surface area contributed by atoms with E-state index in [0.717, 1.165) is 18.9 Å². The molecule has 0 radical (unpaired) electrons. The third-order valence-corrected chi connectivity index (χ3v) is 15.6. The molecule has 2 atom stereocenters. The SMILES string of the molecule is CCO[Si]1(c2nc(-n3ccc(OCCC4(C)CC4)n3)ccc2C(=O)NS(=O)(=O)c2ccccc2)CC(C)CC1(C)C. The molecule has 1 saturated heterocycles. The molecule has 5 rings (SSSR count). The summed E-state index contributed by atoms with van der Waals surface area (Å²) in [6.45, 7) is 11.8. The van der Waals surface area contributed by atoms with Gasteiger partial charge in [0.25, 0.3) is 15.9 Å². The van der Waals surface area contributed by atoms with Gasteiger partial charge in [-0.15, -0.1) is 5.10 Å². The lowest BCUT2D eigenvalue weighted by Gasteiger charge is -2.39. The van der Waals surface area contributed by atoms with Crippen molar-refractivity contribution in [1.29, 1.82) is 0 Å². The van der Waals surface area contributed by atoms with Crippen LogP contribution in [0.1, 0.15) is 70.7 Å². The number of ether oxygens (including phenoxy) is 1. The molecule has 1 aliphatic heterocycles. The largest absolute Gasteiger partial charge is 0.477 e. The molecular formula is C30H40N4O5SSi. The van der Waals surface area contributed by atoms with Crippen LogP contribution in [-0.2, 0) is 14.4 Å². The number of aromatic nitrogens is 3. The number of nitrogens with zero attached hydrogens (tertiary/aromatic N) is 3. The van der Waals surface area contributed by atoms with Gasteiger partial charge in [0, 0.05) is 18.9 Å². The smallest absolute Gasteiger partial charge is 0.266 e. The van der Waals surface area contributed by atoms with Gasteiger partial charge in [-0.3, -0.25) is 4.79 Å². The number of rotatable bonds is 11. The zero-order valence-corrected chi connectivity index (χ0v) is 26.3. The number of nitrogens with one attached hydrogen (secondary N) is 1. The fraction of sp³-hybridized carbons (Fsp3) is 0.500. The van der Waals surface area contributed by atoms with Crippen LogP contribution < -0.4 is 14.8 Å². The van der Waals surface area contributed by atoms with E-state index < -0.39 is 24.2 Å². The van der Waals surface area contributed by atoms with Crippen LogP contribution in [0, 0.1) is 11.3 Å². The molecule has 0 bridgehead atoms. The number of hydrogen-bond acceptors (Lipinski definition) is 7. The van der Waals surface area contributed by atoms with Gasteiger partial charge in [0.2, 0.25) is 14.2 Å². The van der Waals surface area contributed by atoms with Gasteiger partial charge in [0.1, 0.15) is 0 Å². The van der Waals surface area contributed by atoms with Crippen molar-refractivity contribution in [1.82, 2.24) is 19.5 Å². The number of hydrogen-bond donors (Lipinski definition) is 1. The summed E-state index contributed by atoms with van der Waals surface area (Å²) in [6.07, 6.45) is 6.19. The highest BCUT2D eigenvalue weighted by molar-refractivity contribution is 7.90. The van der Waals surface area contributed by atoms with Crippen LogP contribution >= 0.6 is 0 Å². The van der Waals surface area contributed by atoms with Crippen LogP contribution in [0.2, 0.25) is 11.1 Å². The van der Waals surface area contributed by atoms with Crippen LogP contribution in [0.25, 0.3) is 5.82 Å². The Morgan fingerprint density at radius 2 is 1.85 bits per heavy atom. The van der Waals surface area contributed by atoms with Crippen molar-refractivity contribution in [2.45, 2.75) is 76.3 Å². The zero-order chi connectivity index (χ0) is 29.5. The number of benzene rings is 1. The first-order valence-corrected chi connectivity index (χ1v) is 17.9. The summed E-state index contributed by atoms with van der Waals surface area (Å²) < 4.78 is 42.6. The summed E-state index contributed by atoms with van der Waals surface area (Å²) in [4.78, 5) is 18.8. The molecule has 2 unspecified atom stereocenters. The van der Waals surface area contributed by atoms with Crippen LogP contribution in [0.15, 0.2) is 59.6 Å². The zero-order valence-electron chi connectivity index (χ0n) is 24.5. The van der Waals surface area contributed by atoms with Crippen molar-refractivity contribution < 1.29 is 22.4 Å². The van der Waals surface area contributed by atoms with Crippen LogP contribution in [0.4, 0.5) is 0 Å². The van der Waals surface area contributed by atoms with Crippen molar-refractivity contribution in [3.8, 4) is 11.7 Å². The van der Waals surface area contributed by atoms with Crippen molar-refractivity contribution in [3.63, 3.8) is 0 Å². The van der Waals surface area contributed by atoms with Gasteiger partial charge in [-0.25, -0.2) is 22.8 Å². The maximum atomic E-state index is 13.7. The van der Waals surface area contributed by atoms with E-state index in [1.54, 1.807) is 47.3 Å². The predicted octanol–water partition coefficient (Wildman–Crippen LogP) is 4.96. The second-order valence-corrected chi connectivity index (χ2v) is 18.3. The molecule has 220 valence electrons. The fourth-order valence-corrected chi connectivity index (χ4v) is 12.4. The Labute approximate surface area is 243 Å². The van der Waals surface area contributed by atoms with Gasteiger partial charge in [-0.1, -0.05) is 45.9 Å². The molecule has 1 aliphatic carbocycles. The van der Waals surface area contributed by atoms with E-state index in [1.165, 1.54) is 25.0 Å². The average Bonchev–Trinajstić information content (AvgIpc) is 3.36. The van der Waals surface area contributed by atoms with Gasteiger partial charge < -0.3 is 9.16 Å². The third-order valence-electron chi connectivity index (χ3n) is 8.63. The Morgan fingerprint density at radius 3 is 2.49 bits per heavy atom. The standard InChI is InChI=1S/C30H40N4O5SSi/c1-6-39-41(21-22(2)20-29(41,3)4)28-24(27(35)33-40(36,37)23-10-8-7-9-11-23)12-13-25(31-28)34-18-14-26(32-34)38-19-17-30(5)15-16-30/h7-14,18,22H,6,15-17,19-21H2,1-5H3,(H,33,35). The maximum Gasteiger partial charge on any atom is 0.266 e. The van der Waals surface area contributed by atoms with Gasteiger partial charge in [-0.2, -0.15) is 0 Å². The molecular weight excluding hydrogens is 557 g/mol. The molecule has 1 amide bonds. The maximum absolute atomic E-state index is 13.7. The van der Waals surface area contributed by atoms with E-state index in [-0.39, 0.29) is 15.5 Å². The first kappa shape index (κ1) is 29.5. The summed E-state index contributed by atoms with van der Waals surface area (Å²) in [5.74, 6) is 0.687. The van der Waals surface area contributed by atoms with E-state index in [1.807, 2.05) is 6.92 Å². The van der Waals surface area contributed by atoms with E-state index in [2.05, 4.69) is 37.5 Å². The summed E-state index contributed by atoms with van der Waals surface area (Å²) in [7, 11) is -6.97. The number of sulfonamides is 1. The van der Waals surface area contributed by atoms with Gasteiger partial charge >= 0.3 is 0 Å². The first-order chi connectivity index (χ1) is 19.4. The molecule has 2 fully saturated rings. The average molecular weight is 597 g/mol. The molecule has 1 N–H and O–H groups in total. The molecule has 41 heavy (non-hydrogen) atoms. The molecule has 1 saturated carbocycles. The normalized spacial score (nSPS) is 22.8. The highest BCUT2D eigenvalue weighted by Crippen LogP contribution is 2.54. The summed E-state index contributed by atoms with van der Waals surface area (Å²) in [5.41, 5.74) is 0.615. The monoisotopic (exact) mass is 596 g/mol. The van der Waals surface area contributed by atoms with Crippen molar-refractivity contribution in [3.05, 3.63) is 60.3 Å². The topological polar surface area (TPSA) is 112 Å². The molecule has 3 heterocycles. The molecule has 2 aliphatic rings. The Hall–Kier alpha value is -3.02. The minimum absolute atomic E-state index is 0.0193. The predicted molar refractivity (Wildman–Crippen MR) is 160 cm³/mol. The summed E-state index contributed by atoms with van der Waals surface area (Å²) in [6, 6.07) is 13.8. The van der Waals surface area contributed by atoms with Crippen LogP contribution in [0.5, 0.6) is 5.88 Å². The lowest BCUT2D eigenvalue weighted by atomic mass is 10.0. The van der Waals surface area contributed by atoms with Crippen LogP contribution in [0.3, 0.4) is 0 Å². The number of carbonyl (C=O) groups excluding carboxylic acids is 1. The van der Waals surface area contributed by atoms with Crippen LogP contribution in [-0.4, -0.2) is 50.6 Å². The quantitative estimate of drug-likeness (QED) is 0.311. The number of carbonyl (C=O) groups is 1. The molecule has 0 spiro atoms. The van der Waals surface area contributed by atoms with Crippen molar-refractivity contribution in [2.24, 2.45) is 11.3 Å².